The smallest absolute Gasteiger partial charge is 0.253 e. The van der Waals surface area contributed by atoms with E-state index in [1.165, 1.54) is 7.11 Å². The van der Waals surface area contributed by atoms with Crippen LogP contribution in [0.1, 0.15) is 38.1 Å². The summed E-state index contributed by atoms with van der Waals surface area (Å²) in [5, 5.41) is 0.913. The predicted octanol–water partition coefficient (Wildman–Crippen LogP) is 4.46. The molecule has 0 N–H and O–H groups in total. The number of fused-ring (bicyclic) bond motifs is 2. The fourth-order valence-corrected chi connectivity index (χ4v) is 2.84. The number of hydrogen-bond donors (Lipinski definition) is 0. The van der Waals surface area contributed by atoms with Crippen molar-refractivity contribution < 1.29 is 13.9 Å². The highest BCUT2D eigenvalue weighted by atomic mass is 16.5. The van der Waals surface area contributed by atoms with Crippen molar-refractivity contribution in [3.05, 3.63) is 52.2 Å². The molecule has 26 heavy (non-hydrogen) atoms. The van der Waals surface area contributed by atoms with E-state index in [2.05, 4.69) is 0 Å². The normalized spacial score (nSPS) is 10.3. The molecule has 1 amide bonds. The first kappa shape index (κ1) is 19.5. The van der Waals surface area contributed by atoms with Crippen LogP contribution in [0, 0.1) is 0 Å². The zero-order valence-corrected chi connectivity index (χ0v) is 16.0. The maximum absolute atomic E-state index is 12.7. The van der Waals surface area contributed by atoms with Gasteiger partial charge in [-0.15, -0.1) is 0 Å². The molecule has 0 aliphatic rings. The highest BCUT2D eigenvalue weighted by Gasteiger charge is 2.16. The Kier molecular flexibility index (Phi) is 6.39. The molecule has 0 aliphatic heterocycles. The molecular weight excluding hydrogens is 330 g/mol. The van der Waals surface area contributed by atoms with E-state index in [0.29, 0.717) is 46.3 Å². The minimum atomic E-state index is -0.132. The Balaban J connectivity index is 0.00000117. The van der Waals surface area contributed by atoms with Gasteiger partial charge in [-0.2, -0.15) is 0 Å². The summed E-state index contributed by atoms with van der Waals surface area (Å²) in [5.74, 6) is 0.414. The lowest BCUT2D eigenvalue weighted by molar-refractivity contribution is 0.0773. The SMILES string of the molecule is CC.CCN(CC)C(=O)c1ccc2c(=O)c3cccc(OC)c3oc2c1. The molecule has 3 rings (SSSR count). The van der Waals surface area contributed by atoms with E-state index < -0.39 is 0 Å². The Morgan fingerprint density at radius 3 is 2.38 bits per heavy atom. The maximum Gasteiger partial charge on any atom is 0.253 e. The van der Waals surface area contributed by atoms with Gasteiger partial charge in [-0.3, -0.25) is 9.59 Å². The van der Waals surface area contributed by atoms with Crippen molar-refractivity contribution in [2.24, 2.45) is 0 Å². The number of amides is 1. The fraction of sp³-hybridized carbons (Fsp3) is 0.333. The van der Waals surface area contributed by atoms with Gasteiger partial charge in [0.1, 0.15) is 5.58 Å². The summed E-state index contributed by atoms with van der Waals surface area (Å²) < 4.78 is 11.2. The molecule has 0 spiro atoms. The van der Waals surface area contributed by atoms with E-state index in [-0.39, 0.29) is 11.3 Å². The van der Waals surface area contributed by atoms with E-state index >= 15 is 0 Å². The molecule has 0 atom stereocenters. The zero-order chi connectivity index (χ0) is 19.3. The fourth-order valence-electron chi connectivity index (χ4n) is 2.84. The predicted molar refractivity (Wildman–Crippen MR) is 105 cm³/mol. The quantitative estimate of drug-likeness (QED) is 0.648. The van der Waals surface area contributed by atoms with Crippen LogP contribution in [0.5, 0.6) is 5.75 Å². The Bertz CT molecular complexity index is 971. The molecule has 0 bridgehead atoms. The van der Waals surface area contributed by atoms with Crippen LogP contribution in [0.25, 0.3) is 21.9 Å². The first-order valence-electron chi connectivity index (χ1n) is 8.93. The van der Waals surface area contributed by atoms with Crippen molar-refractivity contribution in [1.29, 1.82) is 0 Å². The standard InChI is InChI=1S/C19H19NO4.C2H6/c1-4-20(5-2)19(22)12-9-10-13-16(11-12)24-18-14(17(13)21)7-6-8-15(18)23-3;1-2/h6-11H,4-5H2,1-3H3;1-2H3. The first-order valence-corrected chi connectivity index (χ1v) is 8.93. The Hall–Kier alpha value is -2.82. The van der Waals surface area contributed by atoms with E-state index in [1.54, 1.807) is 41.3 Å². The lowest BCUT2D eigenvalue weighted by Crippen LogP contribution is -2.30. The van der Waals surface area contributed by atoms with Gasteiger partial charge in [0, 0.05) is 18.7 Å². The second kappa shape index (κ2) is 8.52. The Labute approximate surface area is 153 Å². The van der Waals surface area contributed by atoms with Gasteiger partial charge in [0.15, 0.2) is 11.3 Å². The number of para-hydroxylation sites is 1. The third kappa shape index (κ3) is 3.43. The number of benzene rings is 2. The van der Waals surface area contributed by atoms with Gasteiger partial charge in [-0.25, -0.2) is 0 Å². The van der Waals surface area contributed by atoms with Crippen LogP contribution in [0.2, 0.25) is 0 Å². The summed E-state index contributed by atoms with van der Waals surface area (Å²) in [6.07, 6.45) is 0. The molecule has 2 aromatic carbocycles. The van der Waals surface area contributed by atoms with Gasteiger partial charge in [0.2, 0.25) is 5.43 Å². The van der Waals surface area contributed by atoms with E-state index in [4.69, 9.17) is 9.15 Å². The average Bonchev–Trinajstić information content (AvgIpc) is 2.69. The Morgan fingerprint density at radius 2 is 1.77 bits per heavy atom. The summed E-state index contributed by atoms with van der Waals surface area (Å²) in [4.78, 5) is 26.9. The van der Waals surface area contributed by atoms with E-state index in [9.17, 15) is 9.59 Å². The lowest BCUT2D eigenvalue weighted by atomic mass is 10.1. The molecule has 0 aliphatic carbocycles. The van der Waals surface area contributed by atoms with E-state index in [0.717, 1.165) is 0 Å². The molecule has 0 radical (unpaired) electrons. The summed E-state index contributed by atoms with van der Waals surface area (Å²) in [5.41, 5.74) is 1.15. The van der Waals surface area contributed by atoms with Crippen LogP contribution in [0.4, 0.5) is 0 Å². The van der Waals surface area contributed by atoms with Crippen molar-refractivity contribution in [1.82, 2.24) is 4.90 Å². The van der Waals surface area contributed by atoms with Crippen molar-refractivity contribution in [2.75, 3.05) is 20.2 Å². The Morgan fingerprint density at radius 1 is 1.08 bits per heavy atom. The number of methoxy groups -OCH3 is 1. The van der Waals surface area contributed by atoms with Crippen molar-refractivity contribution in [3.63, 3.8) is 0 Å². The summed E-state index contributed by atoms with van der Waals surface area (Å²) in [6.45, 7) is 9.12. The summed E-state index contributed by atoms with van der Waals surface area (Å²) >= 11 is 0. The molecule has 5 nitrogen and oxygen atoms in total. The zero-order valence-electron chi connectivity index (χ0n) is 16.0. The lowest BCUT2D eigenvalue weighted by Gasteiger charge is -2.18. The van der Waals surface area contributed by atoms with Crippen molar-refractivity contribution in [3.8, 4) is 5.75 Å². The van der Waals surface area contributed by atoms with Gasteiger partial charge in [-0.05, 0) is 44.2 Å². The van der Waals surface area contributed by atoms with Crippen LogP contribution in [-0.4, -0.2) is 31.0 Å². The first-order chi connectivity index (χ1) is 12.6. The summed E-state index contributed by atoms with van der Waals surface area (Å²) in [6, 6.07) is 10.1. The minimum Gasteiger partial charge on any atom is -0.493 e. The van der Waals surface area contributed by atoms with Gasteiger partial charge in [0.25, 0.3) is 5.91 Å². The number of hydrogen-bond acceptors (Lipinski definition) is 4. The largest absolute Gasteiger partial charge is 0.493 e. The molecular formula is C21H25NO4. The number of carbonyl (C=O) groups is 1. The van der Waals surface area contributed by atoms with Crippen LogP contribution < -0.4 is 10.2 Å². The second-order valence-corrected chi connectivity index (χ2v) is 5.46. The number of carbonyl (C=O) groups excluding carboxylic acids is 1. The molecule has 0 fully saturated rings. The maximum atomic E-state index is 12.7. The molecule has 3 aromatic rings. The minimum absolute atomic E-state index is 0.0790. The second-order valence-electron chi connectivity index (χ2n) is 5.46. The molecule has 0 unspecified atom stereocenters. The number of rotatable bonds is 4. The number of ether oxygens (including phenoxy) is 1. The van der Waals surface area contributed by atoms with Crippen molar-refractivity contribution in [2.45, 2.75) is 27.7 Å². The molecule has 0 saturated carbocycles. The molecule has 5 heteroatoms. The highest BCUT2D eigenvalue weighted by Crippen LogP contribution is 2.27. The van der Waals surface area contributed by atoms with Gasteiger partial charge < -0.3 is 14.1 Å². The molecule has 138 valence electrons. The van der Waals surface area contributed by atoms with Crippen LogP contribution in [-0.2, 0) is 0 Å². The molecule has 1 aromatic heterocycles. The van der Waals surface area contributed by atoms with Crippen molar-refractivity contribution >= 4 is 27.8 Å². The van der Waals surface area contributed by atoms with Gasteiger partial charge in [-0.1, -0.05) is 19.9 Å². The monoisotopic (exact) mass is 355 g/mol. The topological polar surface area (TPSA) is 59.8 Å². The number of nitrogens with zero attached hydrogens (tertiary/aromatic N) is 1. The summed E-state index contributed by atoms with van der Waals surface area (Å²) in [7, 11) is 1.53. The van der Waals surface area contributed by atoms with Gasteiger partial charge in [0.05, 0.1) is 17.9 Å². The average molecular weight is 355 g/mol. The van der Waals surface area contributed by atoms with Crippen LogP contribution in [0.15, 0.2) is 45.6 Å². The van der Waals surface area contributed by atoms with Gasteiger partial charge >= 0.3 is 0 Å². The van der Waals surface area contributed by atoms with Crippen LogP contribution >= 0.6 is 0 Å². The third-order valence-electron chi connectivity index (χ3n) is 4.18. The molecule has 0 saturated heterocycles. The third-order valence-corrected chi connectivity index (χ3v) is 4.18. The van der Waals surface area contributed by atoms with E-state index in [1.807, 2.05) is 27.7 Å². The van der Waals surface area contributed by atoms with Crippen LogP contribution in [0.3, 0.4) is 0 Å². The molecule has 1 heterocycles. The highest BCUT2D eigenvalue weighted by molar-refractivity contribution is 5.99.